The van der Waals surface area contributed by atoms with Crippen molar-refractivity contribution in [2.45, 2.75) is 32.2 Å². The first-order valence-corrected chi connectivity index (χ1v) is 10.9. The highest BCUT2D eigenvalue weighted by atomic mass is 35.5. The summed E-state index contributed by atoms with van der Waals surface area (Å²) in [5.74, 6) is -3.35. The van der Waals surface area contributed by atoms with Crippen molar-refractivity contribution in [3.8, 4) is 0 Å². The third kappa shape index (κ3) is 4.10. The average molecular weight is 487 g/mol. The Bertz CT molecular complexity index is 1190. The summed E-state index contributed by atoms with van der Waals surface area (Å²) >= 11 is 5.89. The number of para-hydroxylation sites is 1. The Balaban J connectivity index is 1.82. The van der Waals surface area contributed by atoms with Crippen LogP contribution in [0.25, 0.3) is 0 Å². The molecular formula is C22H19ClN4O7. The zero-order valence-corrected chi connectivity index (χ0v) is 18.5. The minimum Gasteiger partial charge on any atom is -0.272 e. The van der Waals surface area contributed by atoms with Crippen molar-refractivity contribution < 1.29 is 24.2 Å². The topological polar surface area (TPSA) is 144 Å². The summed E-state index contributed by atoms with van der Waals surface area (Å²) in [4.78, 5) is 61.7. The van der Waals surface area contributed by atoms with Gasteiger partial charge in [-0.3, -0.25) is 34.6 Å². The number of halogens is 1. The zero-order valence-electron chi connectivity index (χ0n) is 17.8. The number of nitro groups is 2. The van der Waals surface area contributed by atoms with Crippen LogP contribution in [0.5, 0.6) is 0 Å². The lowest BCUT2D eigenvalue weighted by Crippen LogP contribution is -2.50. The minimum atomic E-state index is -0.989. The Morgan fingerprint density at radius 3 is 2.15 bits per heavy atom. The number of benzene rings is 2. The van der Waals surface area contributed by atoms with Gasteiger partial charge in [0, 0.05) is 17.2 Å². The average Bonchev–Trinajstić information content (AvgIpc) is 3.08. The van der Waals surface area contributed by atoms with Crippen LogP contribution in [0.3, 0.4) is 0 Å². The fourth-order valence-corrected chi connectivity index (χ4v) is 4.74. The van der Waals surface area contributed by atoms with Crippen LogP contribution >= 0.6 is 11.6 Å². The van der Waals surface area contributed by atoms with Gasteiger partial charge in [-0.2, -0.15) is 5.01 Å². The van der Waals surface area contributed by atoms with E-state index in [-0.39, 0.29) is 16.1 Å². The molecule has 0 bridgehead atoms. The molecule has 11 nitrogen and oxygen atoms in total. The number of hydrogen-bond acceptors (Lipinski definition) is 7. The maximum absolute atomic E-state index is 13.6. The predicted molar refractivity (Wildman–Crippen MR) is 118 cm³/mol. The molecule has 0 radical (unpaired) electrons. The Morgan fingerprint density at radius 1 is 0.971 bits per heavy atom. The molecule has 1 saturated heterocycles. The molecule has 176 valence electrons. The summed E-state index contributed by atoms with van der Waals surface area (Å²) in [7, 11) is 0. The molecule has 1 aliphatic heterocycles. The Labute approximate surface area is 198 Å². The van der Waals surface area contributed by atoms with Gasteiger partial charge in [-0.25, -0.2) is 5.01 Å². The Kier molecular flexibility index (Phi) is 6.29. The van der Waals surface area contributed by atoms with Gasteiger partial charge in [-0.05, 0) is 31.0 Å². The van der Waals surface area contributed by atoms with Crippen molar-refractivity contribution in [2.24, 2.45) is 11.8 Å². The molecule has 0 N–H and O–H groups in total. The van der Waals surface area contributed by atoms with Crippen molar-refractivity contribution in [2.75, 3.05) is 0 Å². The van der Waals surface area contributed by atoms with Crippen molar-refractivity contribution in [1.29, 1.82) is 0 Å². The predicted octanol–water partition coefficient (Wildman–Crippen LogP) is 3.89. The van der Waals surface area contributed by atoms with E-state index in [4.69, 9.17) is 11.6 Å². The molecule has 3 amide bonds. The van der Waals surface area contributed by atoms with Crippen LogP contribution in [0.4, 0.5) is 11.4 Å². The summed E-state index contributed by atoms with van der Waals surface area (Å²) in [6.45, 7) is -0.532. The molecule has 1 aliphatic carbocycles. The third-order valence-corrected chi connectivity index (χ3v) is 6.42. The molecule has 2 fully saturated rings. The van der Waals surface area contributed by atoms with Crippen LogP contribution < -0.4 is 0 Å². The second-order valence-corrected chi connectivity index (χ2v) is 8.59. The molecule has 1 heterocycles. The second kappa shape index (κ2) is 9.18. The SMILES string of the molecule is O=C(c1ccccc1[N+](=O)[O-])N(Cc1ccc(Cl)cc1[N+](=O)[O-])N1C(=O)[C@H]2CCCC[C@H]2C1=O. The quantitative estimate of drug-likeness (QED) is 0.342. The highest BCUT2D eigenvalue weighted by Crippen LogP contribution is 2.40. The van der Waals surface area contributed by atoms with E-state index in [0.29, 0.717) is 12.8 Å². The van der Waals surface area contributed by atoms with Gasteiger partial charge in [0.15, 0.2) is 0 Å². The fourth-order valence-electron chi connectivity index (χ4n) is 4.57. The maximum Gasteiger partial charge on any atom is 0.282 e. The van der Waals surface area contributed by atoms with Crippen molar-refractivity contribution in [1.82, 2.24) is 10.0 Å². The van der Waals surface area contributed by atoms with Crippen molar-refractivity contribution in [3.05, 3.63) is 78.8 Å². The van der Waals surface area contributed by atoms with Gasteiger partial charge in [-0.1, -0.05) is 36.6 Å². The molecule has 0 spiro atoms. The zero-order chi connectivity index (χ0) is 24.6. The Hall–Kier alpha value is -3.86. The van der Waals surface area contributed by atoms with Gasteiger partial charge < -0.3 is 0 Å². The maximum atomic E-state index is 13.6. The van der Waals surface area contributed by atoms with E-state index in [0.717, 1.165) is 35.0 Å². The molecule has 2 aliphatic rings. The number of fused-ring (bicyclic) bond motifs is 1. The Morgan fingerprint density at radius 2 is 1.56 bits per heavy atom. The molecule has 2 aromatic rings. The van der Waals surface area contributed by atoms with E-state index in [1.165, 1.54) is 30.3 Å². The van der Waals surface area contributed by atoms with Crippen LogP contribution in [-0.2, 0) is 16.1 Å². The number of rotatable bonds is 6. The lowest BCUT2D eigenvalue weighted by atomic mass is 9.81. The van der Waals surface area contributed by atoms with Gasteiger partial charge in [0.05, 0.1) is 33.8 Å². The van der Waals surface area contributed by atoms with E-state index in [9.17, 15) is 34.6 Å². The summed E-state index contributed by atoms with van der Waals surface area (Å²) in [6, 6.07) is 8.92. The highest BCUT2D eigenvalue weighted by Gasteiger charge is 2.52. The molecular weight excluding hydrogens is 468 g/mol. The number of carbonyl (C=O) groups is 3. The van der Waals surface area contributed by atoms with Crippen molar-refractivity contribution >= 4 is 40.7 Å². The van der Waals surface area contributed by atoms with Crippen molar-refractivity contribution in [3.63, 3.8) is 0 Å². The number of imide groups is 1. The molecule has 0 unspecified atom stereocenters. The van der Waals surface area contributed by atoms with Crippen LogP contribution in [0.2, 0.25) is 5.02 Å². The standard InChI is InChI=1S/C22H19ClN4O7/c23-14-10-9-13(19(11-14)27(33)34)12-24(20(28)17-7-3-4-8-18(17)26(31)32)25-21(29)15-5-1-2-6-16(15)22(25)30/h3-4,7-11,15-16H,1-2,5-6,12H2/t15-,16+. The van der Waals surface area contributed by atoms with Gasteiger partial charge >= 0.3 is 0 Å². The van der Waals surface area contributed by atoms with Gasteiger partial charge in [0.2, 0.25) is 0 Å². The second-order valence-electron chi connectivity index (χ2n) is 8.15. The number of nitro benzene ring substituents is 2. The van der Waals surface area contributed by atoms with E-state index in [2.05, 4.69) is 0 Å². The number of nitrogens with zero attached hydrogens (tertiary/aromatic N) is 4. The molecule has 12 heteroatoms. The van der Waals surface area contributed by atoms with Gasteiger partial charge in [-0.15, -0.1) is 0 Å². The molecule has 4 rings (SSSR count). The minimum absolute atomic E-state index is 0.0109. The number of amides is 3. The van der Waals surface area contributed by atoms with Gasteiger partial charge in [0.1, 0.15) is 5.56 Å². The number of hydrazine groups is 1. The largest absolute Gasteiger partial charge is 0.282 e. The fraction of sp³-hybridized carbons (Fsp3) is 0.318. The molecule has 0 aromatic heterocycles. The lowest BCUT2D eigenvalue weighted by molar-refractivity contribution is -0.385. The summed E-state index contributed by atoms with van der Waals surface area (Å²) < 4.78 is 0. The number of hydrogen-bond donors (Lipinski definition) is 0. The van der Waals surface area contributed by atoms with Crippen LogP contribution in [0, 0.1) is 32.1 Å². The molecule has 1 saturated carbocycles. The van der Waals surface area contributed by atoms with Crippen LogP contribution in [0.1, 0.15) is 41.6 Å². The molecule has 34 heavy (non-hydrogen) atoms. The summed E-state index contributed by atoms with van der Waals surface area (Å²) in [5, 5.41) is 24.7. The lowest BCUT2D eigenvalue weighted by Gasteiger charge is -2.30. The van der Waals surface area contributed by atoms with E-state index >= 15 is 0 Å². The number of carbonyl (C=O) groups excluding carboxylic acids is 3. The normalized spacial score (nSPS) is 19.6. The van der Waals surface area contributed by atoms with Crippen LogP contribution in [-0.4, -0.2) is 37.6 Å². The van der Waals surface area contributed by atoms with Crippen LogP contribution in [0.15, 0.2) is 42.5 Å². The monoisotopic (exact) mass is 486 g/mol. The van der Waals surface area contributed by atoms with E-state index < -0.39 is 57.3 Å². The summed E-state index contributed by atoms with van der Waals surface area (Å²) in [6.07, 6.45) is 2.49. The van der Waals surface area contributed by atoms with Gasteiger partial charge in [0.25, 0.3) is 29.1 Å². The van der Waals surface area contributed by atoms with E-state index in [1.54, 1.807) is 0 Å². The molecule has 2 atom stereocenters. The summed E-state index contributed by atoms with van der Waals surface area (Å²) in [5.41, 5.74) is -1.26. The highest BCUT2D eigenvalue weighted by molar-refractivity contribution is 6.30. The first-order chi connectivity index (χ1) is 16.2. The molecule has 2 aromatic carbocycles. The third-order valence-electron chi connectivity index (χ3n) is 6.19. The smallest absolute Gasteiger partial charge is 0.272 e. The first kappa shape index (κ1) is 23.3. The van der Waals surface area contributed by atoms with E-state index in [1.807, 2.05) is 0 Å². The first-order valence-electron chi connectivity index (χ1n) is 10.6.